The Morgan fingerprint density at radius 3 is 2.57 bits per heavy atom. The van der Waals surface area contributed by atoms with Gasteiger partial charge in [-0.3, -0.25) is 0 Å². The van der Waals surface area contributed by atoms with Gasteiger partial charge in [0.15, 0.2) is 0 Å². The molecule has 0 saturated carbocycles. The first kappa shape index (κ1) is 15.8. The number of hydrogen-bond acceptors (Lipinski definition) is 7. The molecule has 9 heteroatoms. The molecule has 0 unspecified atom stereocenters. The molecule has 0 bridgehead atoms. The molecule has 0 aliphatic heterocycles. The fraction of sp³-hybridized carbons (Fsp3) is 0.417. The van der Waals surface area contributed by atoms with Gasteiger partial charge in [-0.2, -0.15) is 4.31 Å². The lowest BCUT2D eigenvalue weighted by molar-refractivity contribution is 0.462. The molecule has 1 N–H and O–H groups in total. The van der Waals surface area contributed by atoms with E-state index in [0.29, 0.717) is 11.6 Å². The average molecular weight is 327 g/mol. The second-order valence-electron chi connectivity index (χ2n) is 4.41. The van der Waals surface area contributed by atoms with Crippen molar-refractivity contribution in [3.63, 3.8) is 0 Å². The number of aromatic nitrogens is 3. The zero-order valence-corrected chi connectivity index (χ0v) is 13.5. The van der Waals surface area contributed by atoms with E-state index < -0.39 is 10.0 Å². The van der Waals surface area contributed by atoms with E-state index in [-0.39, 0.29) is 11.4 Å². The van der Waals surface area contributed by atoms with Gasteiger partial charge in [0.1, 0.15) is 4.90 Å². The van der Waals surface area contributed by atoms with Gasteiger partial charge in [0.25, 0.3) is 0 Å². The highest BCUT2D eigenvalue weighted by molar-refractivity contribution is 7.89. The minimum absolute atomic E-state index is 0.0716. The molecule has 0 saturated heterocycles. The van der Waals surface area contributed by atoms with E-state index in [1.54, 1.807) is 5.51 Å². The van der Waals surface area contributed by atoms with Crippen LogP contribution in [-0.2, 0) is 16.6 Å². The molecule has 0 radical (unpaired) electrons. The van der Waals surface area contributed by atoms with Crippen LogP contribution in [0.15, 0.2) is 28.2 Å². The summed E-state index contributed by atoms with van der Waals surface area (Å²) in [5.74, 6) is 0.429. The fourth-order valence-corrected chi connectivity index (χ4v) is 3.17. The number of hydrogen-bond donors (Lipinski definition) is 1. The molecule has 0 aliphatic carbocycles. The molecule has 114 valence electrons. The van der Waals surface area contributed by atoms with E-state index in [1.807, 2.05) is 12.3 Å². The summed E-state index contributed by atoms with van der Waals surface area (Å²) in [5, 5.41) is 4.82. The largest absolute Gasteiger partial charge is 0.354 e. The van der Waals surface area contributed by atoms with Crippen molar-refractivity contribution in [1.82, 2.24) is 19.3 Å². The van der Waals surface area contributed by atoms with Gasteiger partial charge in [-0.05, 0) is 6.42 Å². The van der Waals surface area contributed by atoms with E-state index in [2.05, 4.69) is 20.3 Å². The second kappa shape index (κ2) is 6.92. The minimum atomic E-state index is -3.61. The highest BCUT2D eigenvalue weighted by Crippen LogP contribution is 2.16. The van der Waals surface area contributed by atoms with Crippen molar-refractivity contribution >= 4 is 27.3 Å². The molecule has 0 atom stereocenters. The third kappa shape index (κ3) is 3.96. The van der Waals surface area contributed by atoms with Crippen LogP contribution in [-0.4, -0.2) is 41.3 Å². The third-order valence-corrected chi connectivity index (χ3v) is 5.13. The molecule has 0 spiro atoms. The van der Waals surface area contributed by atoms with Gasteiger partial charge in [-0.15, -0.1) is 11.3 Å². The van der Waals surface area contributed by atoms with Gasteiger partial charge < -0.3 is 5.32 Å². The molecule has 2 rings (SSSR count). The second-order valence-corrected chi connectivity index (χ2v) is 7.17. The van der Waals surface area contributed by atoms with Crippen LogP contribution in [0.25, 0.3) is 0 Å². The number of sulfonamides is 1. The molecule has 2 aromatic rings. The van der Waals surface area contributed by atoms with E-state index in [1.165, 1.54) is 35.1 Å². The van der Waals surface area contributed by atoms with Crippen LogP contribution in [0.5, 0.6) is 0 Å². The zero-order chi connectivity index (χ0) is 15.3. The Morgan fingerprint density at radius 2 is 2.00 bits per heavy atom. The topological polar surface area (TPSA) is 88.1 Å². The summed E-state index contributed by atoms with van der Waals surface area (Å²) in [6, 6.07) is 0. The minimum Gasteiger partial charge on any atom is -0.354 e. The molecule has 0 fully saturated rings. The molecule has 21 heavy (non-hydrogen) atoms. The third-order valence-electron chi connectivity index (χ3n) is 2.74. The van der Waals surface area contributed by atoms with E-state index >= 15 is 0 Å². The normalized spacial score (nSPS) is 11.8. The van der Waals surface area contributed by atoms with Crippen molar-refractivity contribution in [3.05, 3.63) is 29.0 Å². The maximum Gasteiger partial charge on any atom is 0.246 e. The molecular weight excluding hydrogens is 310 g/mol. The standard InChI is InChI=1S/C12H17N5O2S2/c1-3-4-13-12-14-5-11(6-15-12)21(18,19)17(2)7-10-8-20-9-16-10/h5-6,8-9H,3-4,7H2,1-2H3,(H,13,14,15). The molecule has 0 amide bonds. The van der Waals surface area contributed by atoms with E-state index in [4.69, 9.17) is 0 Å². The summed E-state index contributed by atoms with van der Waals surface area (Å²) >= 11 is 1.43. The molecular formula is C12H17N5O2S2. The number of anilines is 1. The van der Waals surface area contributed by atoms with Crippen LogP contribution in [0, 0.1) is 0 Å². The van der Waals surface area contributed by atoms with E-state index in [9.17, 15) is 8.42 Å². The van der Waals surface area contributed by atoms with Gasteiger partial charge in [-0.1, -0.05) is 6.92 Å². The first-order chi connectivity index (χ1) is 10.0. The summed E-state index contributed by atoms with van der Waals surface area (Å²) < 4.78 is 26.0. The SMILES string of the molecule is CCCNc1ncc(S(=O)(=O)N(C)Cc2cscn2)cn1. The van der Waals surface area contributed by atoms with Crippen LogP contribution in [0.2, 0.25) is 0 Å². The lowest BCUT2D eigenvalue weighted by Crippen LogP contribution is -2.27. The highest BCUT2D eigenvalue weighted by Gasteiger charge is 2.22. The van der Waals surface area contributed by atoms with Crippen molar-refractivity contribution in [1.29, 1.82) is 0 Å². The quantitative estimate of drug-likeness (QED) is 0.830. The Hall–Kier alpha value is -1.58. The first-order valence-corrected chi connectivity index (χ1v) is 8.81. The van der Waals surface area contributed by atoms with Gasteiger partial charge in [0.05, 0.1) is 30.1 Å². The summed E-state index contributed by atoms with van der Waals surface area (Å²) in [6.07, 6.45) is 3.58. The number of rotatable bonds is 7. The van der Waals surface area contributed by atoms with Crippen molar-refractivity contribution in [2.24, 2.45) is 0 Å². The maximum atomic E-state index is 12.4. The van der Waals surface area contributed by atoms with Gasteiger partial charge in [0, 0.05) is 19.0 Å². The zero-order valence-electron chi connectivity index (χ0n) is 11.9. The Balaban J connectivity index is 2.11. The predicted molar refractivity (Wildman–Crippen MR) is 81.6 cm³/mol. The van der Waals surface area contributed by atoms with Crippen LogP contribution in [0.4, 0.5) is 5.95 Å². The number of nitrogens with zero attached hydrogens (tertiary/aromatic N) is 4. The van der Waals surface area contributed by atoms with Crippen LogP contribution in [0.3, 0.4) is 0 Å². The average Bonchev–Trinajstić information content (AvgIpc) is 2.98. The Bertz CT molecular complexity index is 655. The van der Waals surface area contributed by atoms with Crippen molar-refractivity contribution < 1.29 is 8.42 Å². The first-order valence-electron chi connectivity index (χ1n) is 6.43. The predicted octanol–water partition coefficient (Wildman–Crippen LogP) is 1.58. The Labute approximate surface area is 128 Å². The highest BCUT2D eigenvalue weighted by atomic mass is 32.2. The summed E-state index contributed by atoms with van der Waals surface area (Å²) in [7, 11) is -2.10. The van der Waals surface area contributed by atoms with Crippen molar-refractivity contribution in [2.45, 2.75) is 24.8 Å². The van der Waals surface area contributed by atoms with Gasteiger partial charge in [-0.25, -0.2) is 23.4 Å². The number of nitrogens with one attached hydrogen (secondary N) is 1. The molecule has 2 heterocycles. The molecule has 7 nitrogen and oxygen atoms in total. The Morgan fingerprint density at radius 1 is 1.29 bits per heavy atom. The molecule has 0 aromatic carbocycles. The van der Waals surface area contributed by atoms with Crippen molar-refractivity contribution in [3.8, 4) is 0 Å². The number of thiazole rings is 1. The van der Waals surface area contributed by atoms with Gasteiger partial charge in [0.2, 0.25) is 16.0 Å². The fourth-order valence-electron chi connectivity index (χ4n) is 1.59. The smallest absolute Gasteiger partial charge is 0.246 e. The molecule has 0 aliphatic rings. The van der Waals surface area contributed by atoms with Crippen LogP contribution < -0.4 is 5.32 Å². The monoisotopic (exact) mass is 327 g/mol. The van der Waals surface area contributed by atoms with E-state index in [0.717, 1.165) is 13.0 Å². The summed E-state index contributed by atoms with van der Waals surface area (Å²) in [5.41, 5.74) is 2.39. The molecule has 2 aromatic heterocycles. The lowest BCUT2D eigenvalue weighted by atomic mass is 10.5. The van der Waals surface area contributed by atoms with Crippen molar-refractivity contribution in [2.75, 3.05) is 18.9 Å². The van der Waals surface area contributed by atoms with Crippen LogP contribution >= 0.6 is 11.3 Å². The summed E-state index contributed by atoms with van der Waals surface area (Å²) in [4.78, 5) is 12.2. The van der Waals surface area contributed by atoms with Crippen LogP contribution in [0.1, 0.15) is 19.0 Å². The summed E-state index contributed by atoms with van der Waals surface area (Å²) in [6.45, 7) is 3.00. The Kier molecular flexibility index (Phi) is 5.21. The van der Waals surface area contributed by atoms with Gasteiger partial charge >= 0.3 is 0 Å². The lowest BCUT2D eigenvalue weighted by Gasteiger charge is -2.15. The maximum absolute atomic E-state index is 12.4.